The number of hydrogen-bond acceptors (Lipinski definition) is 5. The van der Waals surface area contributed by atoms with Crippen LogP contribution in [0.1, 0.15) is 28.5 Å². The summed E-state index contributed by atoms with van der Waals surface area (Å²) < 4.78 is 3.96. The largest absolute Gasteiger partial charge is 0.334 e. The Bertz CT molecular complexity index is 1040. The number of halogens is 1. The first-order chi connectivity index (χ1) is 13.5. The van der Waals surface area contributed by atoms with Crippen molar-refractivity contribution in [3.05, 3.63) is 46.1 Å². The third-order valence-electron chi connectivity index (χ3n) is 5.06. The second kappa shape index (κ2) is 7.60. The van der Waals surface area contributed by atoms with Gasteiger partial charge < -0.3 is 9.47 Å². The average Bonchev–Trinajstić information content (AvgIpc) is 3.27. The second-order valence-electron chi connectivity index (χ2n) is 6.61. The zero-order valence-corrected chi connectivity index (χ0v) is 17.6. The summed E-state index contributed by atoms with van der Waals surface area (Å²) in [6, 6.07) is 7.17. The van der Waals surface area contributed by atoms with Crippen LogP contribution in [-0.2, 0) is 26.6 Å². The Kier molecular flexibility index (Phi) is 5.16. The van der Waals surface area contributed by atoms with Gasteiger partial charge in [-0.1, -0.05) is 35.5 Å². The molecular formula is C19H21ClN6OS. The van der Waals surface area contributed by atoms with Crippen LogP contribution >= 0.6 is 23.4 Å². The molecule has 1 amide bonds. The Balaban J connectivity index is 1.72. The summed E-state index contributed by atoms with van der Waals surface area (Å²) in [5.41, 5.74) is 3.49. The summed E-state index contributed by atoms with van der Waals surface area (Å²) in [5.74, 6) is 0.684. The van der Waals surface area contributed by atoms with E-state index in [0.717, 1.165) is 40.9 Å². The summed E-state index contributed by atoms with van der Waals surface area (Å²) in [4.78, 5) is 14.9. The standard InChI is InChI=1S/C19H21ClN6OS/c1-4-26-17(21-22-19(26)28-3)16-13-11-25(10-9-15(13)24(2)23-16)18(27)12-7-5-6-8-14(12)20/h5-8H,4,9-11H2,1-3H3. The molecule has 0 bridgehead atoms. The van der Waals surface area contributed by atoms with E-state index in [1.807, 2.05) is 35.0 Å². The molecule has 7 nitrogen and oxygen atoms in total. The Morgan fingerprint density at radius 3 is 2.79 bits per heavy atom. The SMILES string of the molecule is CCn1c(SC)nnc1-c1nn(C)c2c1CN(C(=O)c1ccccc1Cl)CC2. The third-order valence-corrected chi connectivity index (χ3v) is 6.06. The van der Waals surface area contributed by atoms with Crippen LogP contribution < -0.4 is 0 Å². The van der Waals surface area contributed by atoms with Crippen LogP contribution in [0.15, 0.2) is 29.4 Å². The molecule has 1 aliphatic rings. The zero-order chi connectivity index (χ0) is 19.8. The minimum absolute atomic E-state index is 0.0622. The maximum Gasteiger partial charge on any atom is 0.255 e. The van der Waals surface area contributed by atoms with E-state index in [0.29, 0.717) is 23.7 Å². The van der Waals surface area contributed by atoms with Gasteiger partial charge in [-0.05, 0) is 25.3 Å². The lowest BCUT2D eigenvalue weighted by molar-refractivity contribution is 0.0734. The van der Waals surface area contributed by atoms with Gasteiger partial charge in [-0.2, -0.15) is 5.10 Å². The number of thioether (sulfide) groups is 1. The highest BCUT2D eigenvalue weighted by Crippen LogP contribution is 2.31. The highest BCUT2D eigenvalue weighted by Gasteiger charge is 2.30. The summed E-state index contributed by atoms with van der Waals surface area (Å²) in [6.07, 6.45) is 2.72. The number of amides is 1. The highest BCUT2D eigenvalue weighted by molar-refractivity contribution is 7.98. The van der Waals surface area contributed by atoms with Crippen molar-refractivity contribution in [1.29, 1.82) is 0 Å². The molecule has 0 saturated carbocycles. The van der Waals surface area contributed by atoms with Crippen molar-refractivity contribution >= 4 is 29.3 Å². The molecule has 3 heterocycles. The van der Waals surface area contributed by atoms with E-state index in [9.17, 15) is 4.79 Å². The number of benzene rings is 1. The maximum absolute atomic E-state index is 13.0. The van der Waals surface area contributed by atoms with Gasteiger partial charge in [-0.25, -0.2) is 0 Å². The van der Waals surface area contributed by atoms with Crippen LogP contribution in [0.4, 0.5) is 0 Å². The van der Waals surface area contributed by atoms with Crippen molar-refractivity contribution in [3.8, 4) is 11.5 Å². The molecule has 0 spiro atoms. The van der Waals surface area contributed by atoms with Crippen molar-refractivity contribution in [2.24, 2.45) is 7.05 Å². The fourth-order valence-corrected chi connectivity index (χ4v) is 4.43. The van der Waals surface area contributed by atoms with Crippen molar-refractivity contribution in [1.82, 2.24) is 29.4 Å². The van der Waals surface area contributed by atoms with Crippen LogP contribution in [0, 0.1) is 0 Å². The molecule has 146 valence electrons. The highest BCUT2D eigenvalue weighted by atomic mass is 35.5. The molecule has 0 fully saturated rings. The van der Waals surface area contributed by atoms with E-state index < -0.39 is 0 Å². The van der Waals surface area contributed by atoms with Crippen LogP contribution in [0.5, 0.6) is 0 Å². The molecule has 0 atom stereocenters. The fourth-order valence-electron chi connectivity index (χ4n) is 3.65. The third kappa shape index (κ3) is 3.10. The number of hydrogen-bond donors (Lipinski definition) is 0. The molecule has 0 unspecified atom stereocenters. The quantitative estimate of drug-likeness (QED) is 0.610. The number of rotatable bonds is 4. The summed E-state index contributed by atoms with van der Waals surface area (Å²) >= 11 is 7.80. The Labute approximate surface area is 172 Å². The minimum atomic E-state index is -0.0622. The molecule has 9 heteroatoms. The Morgan fingerprint density at radius 1 is 1.29 bits per heavy atom. The molecule has 2 aromatic heterocycles. The van der Waals surface area contributed by atoms with Crippen molar-refractivity contribution < 1.29 is 4.79 Å². The second-order valence-corrected chi connectivity index (χ2v) is 7.79. The van der Waals surface area contributed by atoms with Gasteiger partial charge in [-0.3, -0.25) is 9.48 Å². The van der Waals surface area contributed by atoms with Crippen LogP contribution in [0.3, 0.4) is 0 Å². The van der Waals surface area contributed by atoms with Crippen LogP contribution in [0.2, 0.25) is 5.02 Å². The Hall–Kier alpha value is -2.32. The minimum Gasteiger partial charge on any atom is -0.334 e. The zero-order valence-electron chi connectivity index (χ0n) is 16.0. The number of aromatic nitrogens is 5. The molecule has 0 N–H and O–H groups in total. The van der Waals surface area contributed by atoms with E-state index in [1.54, 1.807) is 23.9 Å². The number of nitrogens with zero attached hydrogens (tertiary/aromatic N) is 6. The summed E-state index contributed by atoms with van der Waals surface area (Å²) in [6.45, 7) is 3.93. The molecule has 1 aromatic carbocycles. The van der Waals surface area contributed by atoms with Gasteiger partial charge in [-0.15, -0.1) is 10.2 Å². The van der Waals surface area contributed by atoms with Crippen molar-refractivity contribution in [2.75, 3.05) is 12.8 Å². The first kappa shape index (κ1) is 19.0. The smallest absolute Gasteiger partial charge is 0.255 e. The molecular weight excluding hydrogens is 396 g/mol. The van der Waals surface area contributed by atoms with Gasteiger partial charge in [0.05, 0.1) is 17.1 Å². The van der Waals surface area contributed by atoms with Crippen LogP contribution in [0.25, 0.3) is 11.5 Å². The maximum atomic E-state index is 13.0. The number of aryl methyl sites for hydroxylation is 1. The van der Waals surface area contributed by atoms with E-state index >= 15 is 0 Å². The lowest BCUT2D eigenvalue weighted by Crippen LogP contribution is -2.36. The molecule has 28 heavy (non-hydrogen) atoms. The van der Waals surface area contributed by atoms with Gasteiger partial charge in [0.15, 0.2) is 11.0 Å². The predicted molar refractivity (Wildman–Crippen MR) is 110 cm³/mol. The summed E-state index contributed by atoms with van der Waals surface area (Å²) in [5, 5.41) is 14.7. The predicted octanol–water partition coefficient (Wildman–Crippen LogP) is 3.27. The molecule has 4 rings (SSSR count). The van der Waals surface area contributed by atoms with Gasteiger partial charge in [0.25, 0.3) is 5.91 Å². The van der Waals surface area contributed by atoms with Gasteiger partial charge in [0, 0.05) is 37.8 Å². The monoisotopic (exact) mass is 416 g/mol. The first-order valence-electron chi connectivity index (χ1n) is 9.11. The molecule has 0 aliphatic carbocycles. The fraction of sp³-hybridized carbons (Fsp3) is 0.368. The number of fused-ring (bicyclic) bond motifs is 1. The van der Waals surface area contributed by atoms with Gasteiger partial charge >= 0.3 is 0 Å². The van der Waals surface area contributed by atoms with Crippen molar-refractivity contribution in [2.45, 2.75) is 31.6 Å². The van der Waals surface area contributed by atoms with Crippen LogP contribution in [-0.4, -0.2) is 48.2 Å². The van der Waals surface area contributed by atoms with E-state index in [1.165, 1.54) is 0 Å². The Morgan fingerprint density at radius 2 is 2.07 bits per heavy atom. The van der Waals surface area contributed by atoms with Gasteiger partial charge in [0.2, 0.25) is 0 Å². The topological polar surface area (TPSA) is 68.8 Å². The number of carbonyl (C=O) groups excluding carboxylic acids is 1. The molecule has 0 saturated heterocycles. The molecule has 3 aromatic rings. The van der Waals surface area contributed by atoms with E-state index in [4.69, 9.17) is 16.7 Å². The van der Waals surface area contributed by atoms with E-state index in [-0.39, 0.29) is 5.91 Å². The lowest BCUT2D eigenvalue weighted by Gasteiger charge is -2.28. The van der Waals surface area contributed by atoms with Gasteiger partial charge in [0.1, 0.15) is 5.69 Å². The number of carbonyl (C=O) groups is 1. The first-order valence-corrected chi connectivity index (χ1v) is 10.7. The van der Waals surface area contributed by atoms with Crippen molar-refractivity contribution in [3.63, 3.8) is 0 Å². The normalized spacial score (nSPS) is 13.6. The average molecular weight is 417 g/mol. The molecule has 0 radical (unpaired) electrons. The molecule has 1 aliphatic heterocycles. The summed E-state index contributed by atoms with van der Waals surface area (Å²) in [7, 11) is 1.94. The van der Waals surface area contributed by atoms with E-state index in [2.05, 4.69) is 21.7 Å². The lowest BCUT2D eigenvalue weighted by atomic mass is 10.0.